The maximum absolute atomic E-state index is 13.0. The van der Waals surface area contributed by atoms with E-state index in [9.17, 15) is 4.79 Å². The summed E-state index contributed by atoms with van der Waals surface area (Å²) in [5.74, 6) is 1.23. The molecule has 0 saturated carbocycles. The molecule has 4 rings (SSSR count). The molecular weight excluding hydrogens is 368 g/mol. The van der Waals surface area contributed by atoms with Crippen molar-refractivity contribution in [2.45, 2.75) is 19.1 Å². The quantitative estimate of drug-likeness (QED) is 0.644. The Balaban J connectivity index is 1.52. The maximum Gasteiger partial charge on any atom is 0.242 e. The average Bonchev–Trinajstić information content (AvgIpc) is 2.79. The monoisotopic (exact) mass is 390 g/mol. The fourth-order valence-electron chi connectivity index (χ4n) is 3.12. The second kappa shape index (κ2) is 9.16. The van der Waals surface area contributed by atoms with Gasteiger partial charge in [-0.3, -0.25) is 20.1 Å². The Morgan fingerprint density at radius 1 is 0.931 bits per heavy atom. The van der Waals surface area contributed by atoms with Gasteiger partial charge in [-0.2, -0.15) is 0 Å². The van der Waals surface area contributed by atoms with Crippen LogP contribution in [0.15, 0.2) is 67.3 Å². The number of pyridine rings is 2. The molecule has 1 aliphatic heterocycles. The number of fused-ring (bicyclic) bond motifs is 1. The smallest absolute Gasteiger partial charge is 0.242 e. The Hall–Kier alpha value is -3.45. The first-order valence-corrected chi connectivity index (χ1v) is 9.48. The van der Waals surface area contributed by atoms with Gasteiger partial charge < -0.3 is 14.8 Å². The molecule has 1 aromatic carbocycles. The van der Waals surface area contributed by atoms with Crippen molar-refractivity contribution < 1.29 is 14.3 Å². The highest BCUT2D eigenvalue weighted by atomic mass is 16.6. The number of ether oxygens (including phenoxy) is 2. The Bertz CT molecular complexity index is 951. The third kappa shape index (κ3) is 4.89. The molecule has 3 aromatic rings. The summed E-state index contributed by atoms with van der Waals surface area (Å²) in [6.45, 7) is 1.97. The van der Waals surface area contributed by atoms with Crippen molar-refractivity contribution in [3.8, 4) is 11.5 Å². The fourth-order valence-corrected chi connectivity index (χ4v) is 3.12. The molecule has 148 valence electrons. The van der Waals surface area contributed by atoms with Crippen molar-refractivity contribution >= 4 is 5.91 Å². The molecule has 1 amide bonds. The van der Waals surface area contributed by atoms with Crippen molar-refractivity contribution in [3.63, 3.8) is 0 Å². The molecule has 2 aromatic heterocycles. The summed E-state index contributed by atoms with van der Waals surface area (Å²) < 4.78 is 11.3. The Labute approximate surface area is 169 Å². The first-order valence-electron chi connectivity index (χ1n) is 9.48. The Morgan fingerprint density at radius 2 is 1.76 bits per heavy atom. The van der Waals surface area contributed by atoms with E-state index in [-0.39, 0.29) is 5.91 Å². The molecule has 0 aliphatic carbocycles. The van der Waals surface area contributed by atoms with Crippen molar-refractivity contribution in [2.24, 2.45) is 0 Å². The first kappa shape index (κ1) is 18.9. The van der Waals surface area contributed by atoms with Gasteiger partial charge in [0.1, 0.15) is 19.3 Å². The summed E-state index contributed by atoms with van der Waals surface area (Å²) >= 11 is 0. The number of aromatic nitrogens is 2. The van der Waals surface area contributed by atoms with Gasteiger partial charge in [-0.05, 0) is 47.0 Å². The second-order valence-electron chi connectivity index (χ2n) is 6.65. The van der Waals surface area contributed by atoms with E-state index in [1.807, 2.05) is 42.5 Å². The van der Waals surface area contributed by atoms with Gasteiger partial charge in [0.25, 0.3) is 0 Å². The second-order valence-corrected chi connectivity index (χ2v) is 6.65. The average molecular weight is 390 g/mol. The summed E-state index contributed by atoms with van der Waals surface area (Å²) in [5.41, 5.74) is 2.80. The summed E-state index contributed by atoms with van der Waals surface area (Å²) in [4.78, 5) is 21.1. The standard InChI is InChI=1S/C22H22N4O3/c27-22(26-15-17-2-1-7-24-13-17)21(25-14-16-5-8-23-9-6-16)18-3-4-19-20(12-18)29-11-10-28-19/h1-9,12-13,21,25H,10-11,14-15H2,(H,26,27). The van der Waals surface area contributed by atoms with Crippen molar-refractivity contribution in [1.82, 2.24) is 20.6 Å². The van der Waals surface area contributed by atoms with Crippen molar-refractivity contribution in [2.75, 3.05) is 13.2 Å². The minimum absolute atomic E-state index is 0.125. The number of nitrogens with zero attached hydrogens (tertiary/aromatic N) is 2. The molecular formula is C22H22N4O3. The molecule has 1 unspecified atom stereocenters. The number of carbonyl (C=O) groups is 1. The third-order valence-electron chi connectivity index (χ3n) is 4.61. The molecule has 1 atom stereocenters. The van der Waals surface area contributed by atoms with E-state index in [1.54, 1.807) is 24.8 Å². The molecule has 2 N–H and O–H groups in total. The summed E-state index contributed by atoms with van der Waals surface area (Å²) in [5, 5.41) is 6.33. The first-order chi connectivity index (χ1) is 14.3. The zero-order chi connectivity index (χ0) is 19.9. The molecule has 0 radical (unpaired) electrons. The SMILES string of the molecule is O=C(NCc1cccnc1)C(NCc1ccncc1)c1ccc2c(c1)OCCO2. The summed E-state index contributed by atoms with van der Waals surface area (Å²) in [6, 6.07) is 12.7. The number of amides is 1. The van der Waals surface area contributed by atoms with Gasteiger partial charge in [-0.15, -0.1) is 0 Å². The lowest BCUT2D eigenvalue weighted by Gasteiger charge is -2.23. The zero-order valence-electron chi connectivity index (χ0n) is 15.9. The van der Waals surface area contributed by atoms with E-state index in [4.69, 9.17) is 9.47 Å². The van der Waals surface area contributed by atoms with Crippen LogP contribution in [0.2, 0.25) is 0 Å². The molecule has 29 heavy (non-hydrogen) atoms. The molecule has 0 bridgehead atoms. The number of rotatable bonds is 7. The van der Waals surface area contributed by atoms with Gasteiger partial charge in [0.05, 0.1) is 0 Å². The van der Waals surface area contributed by atoms with E-state index in [2.05, 4.69) is 20.6 Å². The van der Waals surface area contributed by atoms with Crippen molar-refractivity contribution in [3.05, 3.63) is 83.9 Å². The van der Waals surface area contributed by atoms with Crippen LogP contribution in [-0.4, -0.2) is 29.1 Å². The maximum atomic E-state index is 13.0. The topological polar surface area (TPSA) is 85.4 Å². The number of nitrogens with one attached hydrogen (secondary N) is 2. The number of benzene rings is 1. The highest BCUT2D eigenvalue weighted by Gasteiger charge is 2.23. The lowest BCUT2D eigenvalue weighted by atomic mass is 10.0. The van der Waals surface area contributed by atoms with Crippen LogP contribution in [0.4, 0.5) is 0 Å². The van der Waals surface area contributed by atoms with Crippen LogP contribution in [0.25, 0.3) is 0 Å². The van der Waals surface area contributed by atoms with E-state index in [1.165, 1.54) is 0 Å². The molecule has 7 heteroatoms. The summed E-state index contributed by atoms with van der Waals surface area (Å²) in [7, 11) is 0. The predicted molar refractivity (Wildman–Crippen MR) is 107 cm³/mol. The summed E-state index contributed by atoms with van der Waals surface area (Å²) in [6.07, 6.45) is 6.92. The van der Waals surface area contributed by atoms with Crippen LogP contribution in [0.5, 0.6) is 11.5 Å². The largest absolute Gasteiger partial charge is 0.486 e. The van der Waals surface area contributed by atoms with E-state index >= 15 is 0 Å². The lowest BCUT2D eigenvalue weighted by Crippen LogP contribution is -2.37. The fraction of sp³-hybridized carbons (Fsp3) is 0.227. The van der Waals surface area contributed by atoms with Crippen molar-refractivity contribution in [1.29, 1.82) is 0 Å². The predicted octanol–water partition coefficient (Wildman–Crippen LogP) is 2.40. The number of hydrogen-bond acceptors (Lipinski definition) is 6. The van der Waals surface area contributed by atoms with Gasteiger partial charge in [0.15, 0.2) is 11.5 Å². The number of hydrogen-bond donors (Lipinski definition) is 2. The highest BCUT2D eigenvalue weighted by molar-refractivity contribution is 5.83. The zero-order valence-corrected chi connectivity index (χ0v) is 15.9. The van der Waals surface area contributed by atoms with Crippen LogP contribution < -0.4 is 20.1 Å². The van der Waals surface area contributed by atoms with Gasteiger partial charge in [-0.1, -0.05) is 12.1 Å². The highest BCUT2D eigenvalue weighted by Crippen LogP contribution is 2.32. The third-order valence-corrected chi connectivity index (χ3v) is 4.61. The van der Waals surface area contributed by atoms with Crippen LogP contribution in [0.1, 0.15) is 22.7 Å². The van der Waals surface area contributed by atoms with Crippen LogP contribution in [0, 0.1) is 0 Å². The minimum Gasteiger partial charge on any atom is -0.486 e. The van der Waals surface area contributed by atoms with Gasteiger partial charge in [0.2, 0.25) is 5.91 Å². The van der Waals surface area contributed by atoms with E-state index < -0.39 is 6.04 Å². The normalized spacial score (nSPS) is 13.5. The van der Waals surface area contributed by atoms with Gasteiger partial charge in [0, 0.05) is 37.9 Å². The lowest BCUT2D eigenvalue weighted by molar-refractivity contribution is -0.123. The van der Waals surface area contributed by atoms with E-state index in [0.29, 0.717) is 37.8 Å². The minimum atomic E-state index is -0.546. The van der Waals surface area contributed by atoms with E-state index in [0.717, 1.165) is 16.7 Å². The molecule has 3 heterocycles. The molecule has 0 saturated heterocycles. The van der Waals surface area contributed by atoms with Crippen LogP contribution in [-0.2, 0) is 17.9 Å². The Morgan fingerprint density at radius 3 is 2.55 bits per heavy atom. The van der Waals surface area contributed by atoms with Gasteiger partial charge >= 0.3 is 0 Å². The molecule has 0 spiro atoms. The number of carbonyl (C=O) groups excluding carboxylic acids is 1. The molecule has 0 fully saturated rings. The molecule has 1 aliphatic rings. The molecule has 7 nitrogen and oxygen atoms in total. The van der Waals surface area contributed by atoms with Gasteiger partial charge in [-0.25, -0.2) is 0 Å². The van der Waals surface area contributed by atoms with Crippen LogP contribution >= 0.6 is 0 Å². The van der Waals surface area contributed by atoms with Crippen LogP contribution in [0.3, 0.4) is 0 Å². The Kier molecular flexibility index (Phi) is 5.97.